The lowest BCUT2D eigenvalue weighted by Gasteiger charge is -2.23. The molecule has 0 aliphatic carbocycles. The molecule has 0 heterocycles. The first kappa shape index (κ1) is 26.0. The van der Waals surface area contributed by atoms with E-state index < -0.39 is 12.2 Å². The van der Waals surface area contributed by atoms with Gasteiger partial charge in [0.1, 0.15) is 0 Å². The molecule has 2 aromatic rings. The number of hydrogen-bond donors (Lipinski definition) is 2. The van der Waals surface area contributed by atoms with Crippen molar-refractivity contribution in [3.63, 3.8) is 0 Å². The largest absolute Gasteiger partial charge is 0.465 e. The van der Waals surface area contributed by atoms with Gasteiger partial charge in [-0.1, -0.05) is 64.4 Å². The number of carboxylic acid groups (broad SMARTS) is 2. The second kappa shape index (κ2) is 13.3. The molecule has 0 aliphatic heterocycles. The fourth-order valence-corrected chi connectivity index (χ4v) is 3.21. The van der Waals surface area contributed by atoms with E-state index in [1.54, 1.807) is 0 Å². The van der Waals surface area contributed by atoms with E-state index in [9.17, 15) is 14.7 Å². The lowest BCUT2D eigenvalue weighted by atomic mass is 10.0. The van der Waals surface area contributed by atoms with Crippen LogP contribution >= 0.6 is 0 Å². The summed E-state index contributed by atoms with van der Waals surface area (Å²) in [5.41, 5.74) is 3.73. The zero-order valence-electron chi connectivity index (χ0n) is 19.3. The van der Waals surface area contributed by atoms with Crippen LogP contribution in [0.5, 0.6) is 0 Å². The van der Waals surface area contributed by atoms with E-state index in [1.165, 1.54) is 9.80 Å². The van der Waals surface area contributed by atoms with Crippen LogP contribution in [0.25, 0.3) is 0 Å². The van der Waals surface area contributed by atoms with Crippen molar-refractivity contribution in [1.82, 2.24) is 0 Å². The van der Waals surface area contributed by atoms with E-state index in [-0.39, 0.29) is 0 Å². The lowest BCUT2D eigenvalue weighted by Crippen LogP contribution is -2.31. The predicted molar refractivity (Wildman–Crippen MR) is 128 cm³/mol. The standard InChI is InChI=1S/C14H21NO2.C11H15NO2/c1-4-5-10-15(14(16)17)13-9-7-6-8-12(13)11(2)3;1-3-7-12(11(13)14)10-6-4-5-9(2)8-10/h6-9,11H,4-5,10H2,1-3H3,(H,16,17);4-6,8H,3,7H2,1-2H3,(H,13,14). The molecule has 2 rings (SSSR count). The van der Waals surface area contributed by atoms with Gasteiger partial charge in [0.15, 0.2) is 0 Å². The van der Waals surface area contributed by atoms with Crippen LogP contribution in [0, 0.1) is 6.92 Å². The van der Waals surface area contributed by atoms with Crippen molar-refractivity contribution in [2.75, 3.05) is 22.9 Å². The van der Waals surface area contributed by atoms with Crippen LogP contribution < -0.4 is 9.80 Å². The van der Waals surface area contributed by atoms with Gasteiger partial charge in [0, 0.05) is 18.8 Å². The average molecular weight is 429 g/mol. The summed E-state index contributed by atoms with van der Waals surface area (Å²) in [4.78, 5) is 25.1. The summed E-state index contributed by atoms with van der Waals surface area (Å²) < 4.78 is 0. The zero-order valence-corrected chi connectivity index (χ0v) is 19.3. The van der Waals surface area contributed by atoms with Crippen molar-refractivity contribution in [3.05, 3.63) is 59.7 Å². The molecule has 0 bridgehead atoms. The van der Waals surface area contributed by atoms with Crippen molar-refractivity contribution in [2.45, 2.75) is 59.8 Å². The molecule has 2 N–H and O–H groups in total. The van der Waals surface area contributed by atoms with Crippen LogP contribution in [0.2, 0.25) is 0 Å². The Bertz CT molecular complexity index is 836. The molecule has 0 saturated heterocycles. The quantitative estimate of drug-likeness (QED) is 0.475. The minimum absolute atomic E-state index is 0.328. The maximum absolute atomic E-state index is 11.3. The molecule has 2 aromatic carbocycles. The lowest BCUT2D eigenvalue weighted by molar-refractivity contribution is 0.200. The molecule has 0 aliphatic rings. The topological polar surface area (TPSA) is 81.1 Å². The van der Waals surface area contributed by atoms with Crippen LogP contribution in [-0.4, -0.2) is 35.5 Å². The maximum atomic E-state index is 11.3. The van der Waals surface area contributed by atoms with E-state index in [1.807, 2.05) is 62.4 Å². The molecule has 0 atom stereocenters. The monoisotopic (exact) mass is 428 g/mol. The van der Waals surface area contributed by atoms with Gasteiger partial charge in [-0.3, -0.25) is 9.80 Å². The summed E-state index contributed by atoms with van der Waals surface area (Å²) in [6.45, 7) is 11.3. The molecule has 31 heavy (non-hydrogen) atoms. The number of nitrogens with zero attached hydrogens (tertiary/aromatic N) is 2. The van der Waals surface area contributed by atoms with Crippen LogP contribution in [0.3, 0.4) is 0 Å². The molecule has 0 fully saturated rings. The van der Waals surface area contributed by atoms with E-state index in [4.69, 9.17) is 5.11 Å². The molecule has 0 unspecified atom stereocenters. The van der Waals surface area contributed by atoms with Gasteiger partial charge in [0.25, 0.3) is 0 Å². The Hall–Kier alpha value is -3.02. The first-order valence-electron chi connectivity index (χ1n) is 10.9. The van der Waals surface area contributed by atoms with Gasteiger partial charge in [-0.2, -0.15) is 0 Å². The van der Waals surface area contributed by atoms with E-state index >= 15 is 0 Å². The van der Waals surface area contributed by atoms with Crippen molar-refractivity contribution in [1.29, 1.82) is 0 Å². The Kier molecular flexibility index (Phi) is 11.2. The molecule has 6 nitrogen and oxygen atoms in total. The fourth-order valence-electron chi connectivity index (χ4n) is 3.21. The van der Waals surface area contributed by atoms with Gasteiger partial charge in [0.05, 0.1) is 5.69 Å². The predicted octanol–water partition coefficient (Wildman–Crippen LogP) is 6.98. The first-order valence-corrected chi connectivity index (χ1v) is 10.9. The molecule has 2 amide bonds. The van der Waals surface area contributed by atoms with Gasteiger partial charge in [-0.25, -0.2) is 9.59 Å². The third-order valence-electron chi connectivity index (χ3n) is 4.81. The summed E-state index contributed by atoms with van der Waals surface area (Å²) in [6, 6.07) is 15.3. The molecular formula is C25H36N2O4. The highest BCUT2D eigenvalue weighted by atomic mass is 16.4. The molecule has 0 saturated carbocycles. The molecule has 0 spiro atoms. The van der Waals surface area contributed by atoms with Crippen molar-refractivity contribution in [2.24, 2.45) is 0 Å². The Balaban J connectivity index is 0.000000316. The molecule has 0 aromatic heterocycles. The Labute approximate surface area is 186 Å². The second-order valence-corrected chi connectivity index (χ2v) is 7.77. The summed E-state index contributed by atoms with van der Waals surface area (Å²) in [5.74, 6) is 0.328. The normalized spacial score (nSPS) is 10.3. The maximum Gasteiger partial charge on any atom is 0.411 e. The highest BCUT2D eigenvalue weighted by molar-refractivity contribution is 5.87. The average Bonchev–Trinajstić information content (AvgIpc) is 2.72. The summed E-state index contributed by atoms with van der Waals surface area (Å²) >= 11 is 0. The van der Waals surface area contributed by atoms with Crippen LogP contribution in [0.1, 0.15) is 64.0 Å². The van der Waals surface area contributed by atoms with Crippen molar-refractivity contribution < 1.29 is 19.8 Å². The number of amides is 2. The number of carbonyl (C=O) groups is 2. The first-order chi connectivity index (χ1) is 14.7. The zero-order chi connectivity index (χ0) is 23.4. The minimum atomic E-state index is -0.891. The number of para-hydroxylation sites is 1. The highest BCUT2D eigenvalue weighted by Gasteiger charge is 2.18. The van der Waals surface area contributed by atoms with Gasteiger partial charge in [-0.05, 0) is 55.0 Å². The smallest absolute Gasteiger partial charge is 0.411 e. The fraction of sp³-hybridized carbons (Fsp3) is 0.440. The number of anilines is 2. The van der Waals surface area contributed by atoms with Crippen LogP contribution in [0.15, 0.2) is 48.5 Å². The Morgan fingerprint density at radius 1 is 0.871 bits per heavy atom. The SMILES string of the molecule is CCCCN(C(=O)O)c1ccccc1C(C)C.CCCN(C(=O)O)c1cccc(C)c1. The number of hydrogen-bond acceptors (Lipinski definition) is 2. The van der Waals surface area contributed by atoms with Crippen LogP contribution in [0.4, 0.5) is 21.0 Å². The summed E-state index contributed by atoms with van der Waals surface area (Å²) in [6.07, 6.45) is 0.941. The Morgan fingerprint density at radius 3 is 2.03 bits per heavy atom. The highest BCUT2D eigenvalue weighted by Crippen LogP contribution is 2.27. The van der Waals surface area contributed by atoms with E-state index in [0.29, 0.717) is 19.0 Å². The van der Waals surface area contributed by atoms with Gasteiger partial charge in [0.2, 0.25) is 0 Å². The van der Waals surface area contributed by atoms with E-state index in [2.05, 4.69) is 20.8 Å². The molecule has 0 radical (unpaired) electrons. The second-order valence-electron chi connectivity index (χ2n) is 7.77. The molecule has 6 heteroatoms. The van der Waals surface area contributed by atoms with Crippen molar-refractivity contribution >= 4 is 23.6 Å². The van der Waals surface area contributed by atoms with Gasteiger partial charge < -0.3 is 10.2 Å². The van der Waals surface area contributed by atoms with E-state index in [0.717, 1.165) is 41.8 Å². The number of benzene rings is 2. The minimum Gasteiger partial charge on any atom is -0.465 e. The third-order valence-corrected chi connectivity index (χ3v) is 4.81. The van der Waals surface area contributed by atoms with Gasteiger partial charge >= 0.3 is 12.2 Å². The molecular weight excluding hydrogens is 392 g/mol. The number of rotatable bonds is 8. The third kappa shape index (κ3) is 8.32. The molecule has 170 valence electrons. The van der Waals surface area contributed by atoms with Crippen LogP contribution in [-0.2, 0) is 0 Å². The Morgan fingerprint density at radius 2 is 1.52 bits per heavy atom. The summed E-state index contributed by atoms with van der Waals surface area (Å²) in [7, 11) is 0. The number of unbranched alkanes of at least 4 members (excludes halogenated alkanes) is 1. The van der Waals surface area contributed by atoms with Crippen molar-refractivity contribution in [3.8, 4) is 0 Å². The summed E-state index contributed by atoms with van der Waals surface area (Å²) in [5, 5.41) is 18.3. The number of aryl methyl sites for hydroxylation is 1. The van der Waals surface area contributed by atoms with Gasteiger partial charge in [-0.15, -0.1) is 0 Å².